The first kappa shape index (κ1) is 10.8. The Morgan fingerprint density at radius 2 is 2.29 bits per heavy atom. The summed E-state index contributed by atoms with van der Waals surface area (Å²) in [5.74, 6) is 0.624. The largest absolute Gasteiger partial charge is 0.496 e. The standard InChI is InChI=1S/C10H11ClN2O/c1-13-8(6-12)10-7(11)4-3-5-9(10)14-2/h3-5,8,13H,1-2H3. The van der Waals surface area contributed by atoms with Gasteiger partial charge in [0.1, 0.15) is 11.8 Å². The van der Waals surface area contributed by atoms with Crippen LogP contribution < -0.4 is 10.1 Å². The van der Waals surface area contributed by atoms with Crippen LogP contribution >= 0.6 is 11.6 Å². The van der Waals surface area contributed by atoms with Gasteiger partial charge in [0.25, 0.3) is 0 Å². The second-order valence-electron chi connectivity index (χ2n) is 2.71. The summed E-state index contributed by atoms with van der Waals surface area (Å²) in [6, 6.07) is 6.97. The minimum atomic E-state index is -0.446. The second kappa shape index (κ2) is 4.85. The summed E-state index contributed by atoms with van der Waals surface area (Å²) in [5.41, 5.74) is 0.682. The quantitative estimate of drug-likeness (QED) is 0.832. The lowest BCUT2D eigenvalue weighted by Gasteiger charge is -2.14. The van der Waals surface area contributed by atoms with E-state index in [2.05, 4.69) is 11.4 Å². The SMILES string of the molecule is CNC(C#N)c1c(Cl)cccc1OC. The molecule has 0 aliphatic rings. The zero-order valence-corrected chi connectivity index (χ0v) is 8.80. The molecular formula is C10H11ClN2O. The van der Waals surface area contributed by atoms with Gasteiger partial charge >= 0.3 is 0 Å². The van der Waals surface area contributed by atoms with Crippen LogP contribution in [0.25, 0.3) is 0 Å². The summed E-state index contributed by atoms with van der Waals surface area (Å²) in [7, 11) is 3.26. The van der Waals surface area contributed by atoms with Crippen LogP contribution in [0.3, 0.4) is 0 Å². The van der Waals surface area contributed by atoms with Crippen LogP contribution in [0.1, 0.15) is 11.6 Å². The van der Waals surface area contributed by atoms with E-state index in [0.29, 0.717) is 16.3 Å². The van der Waals surface area contributed by atoms with Crippen LogP contribution in [0, 0.1) is 11.3 Å². The van der Waals surface area contributed by atoms with Crippen LogP contribution in [0.4, 0.5) is 0 Å². The Hall–Kier alpha value is -1.24. The molecule has 0 saturated heterocycles. The highest BCUT2D eigenvalue weighted by Gasteiger charge is 2.16. The molecule has 0 aliphatic carbocycles. The first-order chi connectivity index (χ1) is 6.74. The van der Waals surface area contributed by atoms with Gasteiger partial charge in [0.15, 0.2) is 0 Å². The van der Waals surface area contributed by atoms with E-state index in [1.54, 1.807) is 32.4 Å². The molecular weight excluding hydrogens is 200 g/mol. The summed E-state index contributed by atoms with van der Waals surface area (Å²) in [5, 5.41) is 12.3. The minimum absolute atomic E-state index is 0.446. The van der Waals surface area contributed by atoms with Gasteiger partial charge in [0, 0.05) is 5.56 Å². The maximum Gasteiger partial charge on any atom is 0.126 e. The number of methoxy groups -OCH3 is 1. The van der Waals surface area contributed by atoms with Crippen molar-refractivity contribution in [3.05, 3.63) is 28.8 Å². The number of nitrogens with one attached hydrogen (secondary N) is 1. The van der Waals surface area contributed by atoms with Crippen molar-refractivity contribution in [1.29, 1.82) is 5.26 Å². The zero-order chi connectivity index (χ0) is 10.6. The smallest absolute Gasteiger partial charge is 0.126 e. The second-order valence-corrected chi connectivity index (χ2v) is 3.11. The number of hydrogen-bond donors (Lipinski definition) is 1. The van der Waals surface area contributed by atoms with Crippen LogP contribution in [0.5, 0.6) is 5.75 Å². The first-order valence-electron chi connectivity index (χ1n) is 4.14. The van der Waals surface area contributed by atoms with E-state index in [9.17, 15) is 0 Å². The van der Waals surface area contributed by atoms with Crippen molar-refractivity contribution in [1.82, 2.24) is 5.32 Å². The van der Waals surface area contributed by atoms with Gasteiger partial charge in [0.2, 0.25) is 0 Å². The molecule has 1 atom stereocenters. The number of hydrogen-bond acceptors (Lipinski definition) is 3. The van der Waals surface area contributed by atoms with E-state index in [1.165, 1.54) is 0 Å². The summed E-state index contributed by atoms with van der Waals surface area (Å²) in [6.07, 6.45) is 0. The highest BCUT2D eigenvalue weighted by molar-refractivity contribution is 6.31. The summed E-state index contributed by atoms with van der Waals surface area (Å²) in [4.78, 5) is 0. The molecule has 0 radical (unpaired) electrons. The molecule has 74 valence electrons. The molecule has 0 aliphatic heterocycles. The Bertz CT molecular complexity index is 360. The minimum Gasteiger partial charge on any atom is -0.496 e. The maximum atomic E-state index is 8.90. The van der Waals surface area contributed by atoms with E-state index in [4.69, 9.17) is 21.6 Å². The molecule has 0 fully saturated rings. The van der Waals surface area contributed by atoms with Crippen LogP contribution in [0.15, 0.2) is 18.2 Å². The van der Waals surface area contributed by atoms with E-state index >= 15 is 0 Å². The van der Waals surface area contributed by atoms with Gasteiger partial charge in [-0.15, -0.1) is 0 Å². The molecule has 0 amide bonds. The number of benzene rings is 1. The van der Waals surface area contributed by atoms with Crippen molar-refractivity contribution >= 4 is 11.6 Å². The number of rotatable bonds is 3. The van der Waals surface area contributed by atoms with E-state index in [1.807, 2.05) is 0 Å². The third kappa shape index (κ3) is 1.98. The Morgan fingerprint density at radius 3 is 2.79 bits per heavy atom. The van der Waals surface area contributed by atoms with Crippen molar-refractivity contribution < 1.29 is 4.74 Å². The summed E-state index contributed by atoms with van der Waals surface area (Å²) >= 11 is 5.99. The zero-order valence-electron chi connectivity index (χ0n) is 8.04. The highest BCUT2D eigenvalue weighted by Crippen LogP contribution is 2.31. The van der Waals surface area contributed by atoms with Gasteiger partial charge in [-0.3, -0.25) is 0 Å². The number of nitrogens with zero attached hydrogens (tertiary/aromatic N) is 1. The molecule has 0 aromatic heterocycles. The lowest BCUT2D eigenvalue weighted by molar-refractivity contribution is 0.406. The Morgan fingerprint density at radius 1 is 1.57 bits per heavy atom. The Balaban J connectivity index is 3.23. The van der Waals surface area contributed by atoms with Crippen molar-refractivity contribution in [3.63, 3.8) is 0 Å². The normalized spacial score (nSPS) is 11.9. The molecule has 1 unspecified atom stereocenters. The fourth-order valence-electron chi connectivity index (χ4n) is 1.25. The van der Waals surface area contributed by atoms with Crippen molar-refractivity contribution in [2.45, 2.75) is 6.04 Å². The monoisotopic (exact) mass is 210 g/mol. The van der Waals surface area contributed by atoms with Crippen molar-refractivity contribution in [2.75, 3.05) is 14.2 Å². The fourth-order valence-corrected chi connectivity index (χ4v) is 1.52. The predicted octanol–water partition coefficient (Wildman–Crippen LogP) is 2.13. The van der Waals surface area contributed by atoms with Gasteiger partial charge in [0.05, 0.1) is 18.2 Å². The third-order valence-corrected chi connectivity index (χ3v) is 2.27. The molecule has 1 N–H and O–H groups in total. The Labute approximate surface area is 88.3 Å². The molecule has 0 spiro atoms. The van der Waals surface area contributed by atoms with Crippen molar-refractivity contribution in [3.8, 4) is 11.8 Å². The predicted molar refractivity (Wildman–Crippen MR) is 55.4 cm³/mol. The lowest BCUT2D eigenvalue weighted by Crippen LogP contribution is -2.15. The molecule has 14 heavy (non-hydrogen) atoms. The van der Waals surface area contributed by atoms with E-state index < -0.39 is 6.04 Å². The van der Waals surface area contributed by atoms with Gasteiger partial charge in [-0.2, -0.15) is 5.26 Å². The maximum absolute atomic E-state index is 8.90. The fraction of sp³-hybridized carbons (Fsp3) is 0.300. The molecule has 0 bridgehead atoms. The molecule has 4 heteroatoms. The molecule has 1 rings (SSSR count). The molecule has 0 heterocycles. The third-order valence-electron chi connectivity index (χ3n) is 1.94. The molecule has 3 nitrogen and oxygen atoms in total. The highest BCUT2D eigenvalue weighted by atomic mass is 35.5. The average molecular weight is 211 g/mol. The van der Waals surface area contributed by atoms with Gasteiger partial charge in [-0.25, -0.2) is 0 Å². The van der Waals surface area contributed by atoms with Crippen molar-refractivity contribution in [2.24, 2.45) is 0 Å². The summed E-state index contributed by atoms with van der Waals surface area (Å²) < 4.78 is 5.14. The van der Waals surface area contributed by atoms with E-state index in [0.717, 1.165) is 0 Å². The van der Waals surface area contributed by atoms with Gasteiger partial charge in [-0.1, -0.05) is 17.7 Å². The van der Waals surface area contributed by atoms with Crippen LogP contribution in [-0.2, 0) is 0 Å². The van der Waals surface area contributed by atoms with E-state index in [-0.39, 0.29) is 0 Å². The average Bonchev–Trinajstić information content (AvgIpc) is 2.22. The molecule has 1 aromatic rings. The van der Waals surface area contributed by atoms with Gasteiger partial charge in [-0.05, 0) is 19.2 Å². The summed E-state index contributed by atoms with van der Waals surface area (Å²) in [6.45, 7) is 0. The first-order valence-corrected chi connectivity index (χ1v) is 4.51. The lowest BCUT2D eigenvalue weighted by atomic mass is 10.1. The number of ether oxygens (including phenoxy) is 1. The van der Waals surface area contributed by atoms with Crippen LogP contribution in [-0.4, -0.2) is 14.2 Å². The van der Waals surface area contributed by atoms with Crippen LogP contribution in [0.2, 0.25) is 5.02 Å². The topological polar surface area (TPSA) is 45.0 Å². The molecule has 0 saturated carbocycles. The Kier molecular flexibility index (Phi) is 3.75. The number of nitriles is 1. The molecule has 1 aromatic carbocycles. The number of halogens is 1. The van der Waals surface area contributed by atoms with Gasteiger partial charge < -0.3 is 10.1 Å².